The van der Waals surface area contributed by atoms with E-state index in [1.807, 2.05) is 6.20 Å². The van der Waals surface area contributed by atoms with Crippen molar-refractivity contribution in [3.8, 4) is 0 Å². The molecule has 6 nitrogen and oxygen atoms in total. The van der Waals surface area contributed by atoms with Crippen molar-refractivity contribution < 1.29 is 10.2 Å². The lowest BCUT2D eigenvalue weighted by molar-refractivity contribution is 0.243. The molecule has 1 atom stereocenters. The monoisotopic (exact) mass is 242 g/mol. The molecule has 1 heterocycles. The van der Waals surface area contributed by atoms with E-state index in [1.165, 1.54) is 0 Å². The third-order valence-electron chi connectivity index (χ3n) is 2.71. The van der Waals surface area contributed by atoms with Crippen LogP contribution in [0.15, 0.2) is 6.20 Å². The van der Waals surface area contributed by atoms with Gasteiger partial charge in [0.15, 0.2) is 0 Å². The van der Waals surface area contributed by atoms with E-state index >= 15 is 0 Å². The summed E-state index contributed by atoms with van der Waals surface area (Å²) in [7, 11) is 0. The first-order valence-corrected chi connectivity index (χ1v) is 6.01. The van der Waals surface area contributed by atoms with Crippen LogP contribution in [0.4, 0.5) is 0 Å². The predicted molar refractivity (Wildman–Crippen MR) is 64.3 cm³/mol. The fraction of sp³-hybridized carbons (Fsp3) is 0.818. The van der Waals surface area contributed by atoms with Gasteiger partial charge in [-0.3, -0.25) is 0 Å². The number of rotatable bonds is 8. The number of aliphatic hydroxyl groups excluding tert-OH is 2. The van der Waals surface area contributed by atoms with Gasteiger partial charge in [-0.1, -0.05) is 19.1 Å². The topological polar surface area (TPSA) is 83.2 Å². The van der Waals surface area contributed by atoms with Crippen molar-refractivity contribution >= 4 is 0 Å². The van der Waals surface area contributed by atoms with E-state index < -0.39 is 0 Å². The summed E-state index contributed by atoms with van der Waals surface area (Å²) in [5.41, 5.74) is 0.849. The third-order valence-corrected chi connectivity index (χ3v) is 2.71. The molecular formula is C11H22N4O2. The van der Waals surface area contributed by atoms with Gasteiger partial charge in [0, 0.05) is 25.4 Å². The highest BCUT2D eigenvalue weighted by atomic mass is 16.3. The normalized spacial score (nSPS) is 13.2. The summed E-state index contributed by atoms with van der Waals surface area (Å²) in [5, 5.41) is 29.0. The minimum atomic E-state index is 0.0648. The maximum atomic E-state index is 8.96. The summed E-state index contributed by atoms with van der Waals surface area (Å²) >= 11 is 0. The molecule has 6 heteroatoms. The third kappa shape index (κ3) is 4.80. The SMILES string of the molecule is CC(C)C(CCO)NCc1cn(CCO)nn1. The lowest BCUT2D eigenvalue weighted by Gasteiger charge is -2.20. The lowest BCUT2D eigenvalue weighted by Crippen LogP contribution is -2.34. The predicted octanol–water partition coefficient (Wildman–Crippen LogP) is -0.233. The molecule has 0 aliphatic rings. The molecule has 17 heavy (non-hydrogen) atoms. The van der Waals surface area contributed by atoms with Crippen LogP contribution in [0.2, 0.25) is 0 Å². The Bertz CT molecular complexity index is 314. The molecule has 1 unspecified atom stereocenters. The Morgan fingerprint density at radius 3 is 2.71 bits per heavy atom. The zero-order valence-corrected chi connectivity index (χ0v) is 10.5. The molecule has 0 saturated heterocycles. The van der Waals surface area contributed by atoms with Gasteiger partial charge in [0.05, 0.1) is 18.8 Å². The highest BCUT2D eigenvalue weighted by Crippen LogP contribution is 2.06. The number of aliphatic hydroxyl groups is 2. The van der Waals surface area contributed by atoms with Gasteiger partial charge >= 0.3 is 0 Å². The molecule has 3 N–H and O–H groups in total. The van der Waals surface area contributed by atoms with Crippen LogP contribution in [0.3, 0.4) is 0 Å². The summed E-state index contributed by atoms with van der Waals surface area (Å²) in [6.07, 6.45) is 2.56. The summed E-state index contributed by atoms with van der Waals surface area (Å²) in [4.78, 5) is 0. The average molecular weight is 242 g/mol. The second kappa shape index (κ2) is 7.37. The van der Waals surface area contributed by atoms with Crippen molar-refractivity contribution in [2.24, 2.45) is 5.92 Å². The van der Waals surface area contributed by atoms with Crippen LogP contribution in [-0.4, -0.2) is 44.5 Å². The molecule has 0 fully saturated rings. The molecule has 0 bridgehead atoms. The van der Waals surface area contributed by atoms with Crippen molar-refractivity contribution in [1.82, 2.24) is 20.3 Å². The molecule has 0 saturated carbocycles. The largest absolute Gasteiger partial charge is 0.396 e. The number of hydrogen-bond donors (Lipinski definition) is 3. The quantitative estimate of drug-likeness (QED) is 0.586. The highest BCUT2D eigenvalue weighted by Gasteiger charge is 2.12. The van der Waals surface area contributed by atoms with E-state index in [9.17, 15) is 0 Å². The van der Waals surface area contributed by atoms with E-state index in [-0.39, 0.29) is 19.3 Å². The first-order valence-electron chi connectivity index (χ1n) is 6.01. The summed E-state index contributed by atoms with van der Waals surface area (Å²) < 4.78 is 1.62. The summed E-state index contributed by atoms with van der Waals surface area (Å²) in [6, 6.07) is 0.281. The van der Waals surface area contributed by atoms with E-state index in [4.69, 9.17) is 10.2 Å². The average Bonchev–Trinajstić information content (AvgIpc) is 2.72. The van der Waals surface area contributed by atoms with Gasteiger partial charge in [0.1, 0.15) is 0 Å². The standard InChI is InChI=1S/C11H22N4O2/c1-9(2)11(3-5-16)12-7-10-8-15(4-6-17)14-13-10/h8-9,11-12,16-17H,3-7H2,1-2H3. The van der Waals surface area contributed by atoms with Gasteiger partial charge in [-0.05, 0) is 12.3 Å². The van der Waals surface area contributed by atoms with Crippen LogP contribution in [0.25, 0.3) is 0 Å². The van der Waals surface area contributed by atoms with Gasteiger partial charge in [-0.25, -0.2) is 4.68 Å². The van der Waals surface area contributed by atoms with E-state index in [2.05, 4.69) is 29.5 Å². The Morgan fingerprint density at radius 2 is 2.12 bits per heavy atom. The number of aromatic nitrogens is 3. The first kappa shape index (κ1) is 14.1. The molecule has 0 radical (unpaired) electrons. The molecule has 0 amide bonds. The van der Waals surface area contributed by atoms with E-state index in [1.54, 1.807) is 4.68 Å². The van der Waals surface area contributed by atoms with Crippen molar-refractivity contribution in [2.45, 2.75) is 39.4 Å². The summed E-state index contributed by atoms with van der Waals surface area (Å²) in [6.45, 7) is 5.60. The molecule has 1 aromatic rings. The minimum absolute atomic E-state index is 0.0648. The Morgan fingerprint density at radius 1 is 1.35 bits per heavy atom. The number of nitrogens with zero attached hydrogens (tertiary/aromatic N) is 3. The molecule has 0 aromatic carbocycles. The van der Waals surface area contributed by atoms with Crippen molar-refractivity contribution in [1.29, 1.82) is 0 Å². The molecule has 98 valence electrons. The summed E-state index contributed by atoms with van der Waals surface area (Å²) in [5.74, 6) is 0.467. The van der Waals surface area contributed by atoms with Crippen LogP contribution >= 0.6 is 0 Å². The zero-order chi connectivity index (χ0) is 12.7. The van der Waals surface area contributed by atoms with Crippen LogP contribution in [0.1, 0.15) is 26.0 Å². The Kier molecular flexibility index (Phi) is 6.10. The molecule has 0 spiro atoms. The fourth-order valence-corrected chi connectivity index (χ4v) is 1.68. The van der Waals surface area contributed by atoms with Crippen LogP contribution in [0, 0.1) is 5.92 Å². The number of hydrogen-bond acceptors (Lipinski definition) is 5. The van der Waals surface area contributed by atoms with Crippen LogP contribution in [-0.2, 0) is 13.1 Å². The van der Waals surface area contributed by atoms with Crippen molar-refractivity contribution in [3.63, 3.8) is 0 Å². The Hall–Kier alpha value is -0.980. The minimum Gasteiger partial charge on any atom is -0.396 e. The van der Waals surface area contributed by atoms with Gasteiger partial charge in [-0.2, -0.15) is 0 Å². The van der Waals surface area contributed by atoms with Gasteiger partial charge < -0.3 is 15.5 Å². The van der Waals surface area contributed by atoms with Gasteiger partial charge in [0.25, 0.3) is 0 Å². The molecule has 1 rings (SSSR count). The second-order valence-corrected chi connectivity index (χ2v) is 4.44. The van der Waals surface area contributed by atoms with Crippen molar-refractivity contribution in [3.05, 3.63) is 11.9 Å². The lowest BCUT2D eigenvalue weighted by atomic mass is 10.0. The van der Waals surface area contributed by atoms with Crippen LogP contribution < -0.4 is 5.32 Å². The molecule has 0 aliphatic carbocycles. The van der Waals surface area contributed by atoms with E-state index in [0.717, 1.165) is 12.1 Å². The Labute approximate surface area is 102 Å². The Balaban J connectivity index is 2.41. The molecular weight excluding hydrogens is 220 g/mol. The van der Waals surface area contributed by atoms with E-state index in [0.29, 0.717) is 19.0 Å². The molecule has 0 aliphatic heterocycles. The smallest absolute Gasteiger partial charge is 0.0964 e. The first-order chi connectivity index (χ1) is 8.17. The maximum absolute atomic E-state index is 8.96. The van der Waals surface area contributed by atoms with Gasteiger partial charge in [0.2, 0.25) is 0 Å². The maximum Gasteiger partial charge on any atom is 0.0964 e. The fourth-order valence-electron chi connectivity index (χ4n) is 1.68. The van der Waals surface area contributed by atoms with Gasteiger partial charge in [-0.15, -0.1) is 5.10 Å². The molecule has 1 aromatic heterocycles. The second-order valence-electron chi connectivity index (χ2n) is 4.44. The number of nitrogens with one attached hydrogen (secondary N) is 1. The van der Waals surface area contributed by atoms with Crippen molar-refractivity contribution in [2.75, 3.05) is 13.2 Å². The highest BCUT2D eigenvalue weighted by molar-refractivity contribution is 4.92. The van der Waals surface area contributed by atoms with Crippen LogP contribution in [0.5, 0.6) is 0 Å². The zero-order valence-electron chi connectivity index (χ0n) is 10.5.